The van der Waals surface area contributed by atoms with Gasteiger partial charge in [0.1, 0.15) is 11.6 Å². The van der Waals surface area contributed by atoms with Crippen LogP contribution in [0.1, 0.15) is 44.2 Å². The van der Waals surface area contributed by atoms with E-state index in [-0.39, 0.29) is 41.8 Å². The highest BCUT2D eigenvalue weighted by atomic mass is 127. The molecule has 1 aromatic carbocycles. The average molecular weight is 563 g/mol. The van der Waals surface area contributed by atoms with Crippen molar-refractivity contribution in [3.05, 3.63) is 35.4 Å². The van der Waals surface area contributed by atoms with Crippen molar-refractivity contribution < 1.29 is 18.4 Å². The largest absolute Gasteiger partial charge is 0.354 e. The summed E-state index contributed by atoms with van der Waals surface area (Å²) in [5.41, 5.74) is 0.524. The molecule has 2 fully saturated rings. The molecule has 32 heavy (non-hydrogen) atoms. The first-order chi connectivity index (χ1) is 14.9. The monoisotopic (exact) mass is 563 g/mol. The summed E-state index contributed by atoms with van der Waals surface area (Å²) in [7, 11) is 1.70. The van der Waals surface area contributed by atoms with Crippen molar-refractivity contribution in [3.63, 3.8) is 0 Å². The molecule has 0 bridgehead atoms. The van der Waals surface area contributed by atoms with E-state index in [4.69, 9.17) is 0 Å². The number of rotatable bonds is 6. The Morgan fingerprint density at radius 2 is 1.78 bits per heavy atom. The van der Waals surface area contributed by atoms with E-state index in [1.807, 2.05) is 6.92 Å². The second-order valence-corrected chi connectivity index (χ2v) is 7.88. The number of piperidine rings is 1. The van der Waals surface area contributed by atoms with Crippen LogP contribution in [0.4, 0.5) is 8.78 Å². The highest BCUT2D eigenvalue weighted by molar-refractivity contribution is 14.0. The van der Waals surface area contributed by atoms with Crippen LogP contribution in [0.2, 0.25) is 0 Å². The van der Waals surface area contributed by atoms with Crippen molar-refractivity contribution in [1.82, 2.24) is 20.0 Å². The Hall–Kier alpha value is -1.82. The highest BCUT2D eigenvalue weighted by Crippen LogP contribution is 2.28. The van der Waals surface area contributed by atoms with Crippen molar-refractivity contribution in [2.45, 2.75) is 38.6 Å². The number of piperazine rings is 1. The molecule has 0 saturated carbocycles. The average Bonchev–Trinajstić information content (AvgIpc) is 2.75. The summed E-state index contributed by atoms with van der Waals surface area (Å²) in [5.74, 6) is -0.574. The summed E-state index contributed by atoms with van der Waals surface area (Å²) < 4.78 is 27.6. The van der Waals surface area contributed by atoms with Gasteiger partial charge in [0.25, 0.3) is 0 Å². The van der Waals surface area contributed by atoms with Gasteiger partial charge in [0.15, 0.2) is 5.96 Å². The van der Waals surface area contributed by atoms with Crippen LogP contribution in [0.5, 0.6) is 0 Å². The topological polar surface area (TPSA) is 68.2 Å². The van der Waals surface area contributed by atoms with Gasteiger partial charge in [-0.3, -0.25) is 24.4 Å². The lowest BCUT2D eigenvalue weighted by atomic mass is 10.0. The van der Waals surface area contributed by atoms with E-state index >= 15 is 0 Å². The molecule has 0 spiro atoms. The minimum absolute atomic E-state index is 0. The molecular weight excluding hydrogens is 531 g/mol. The van der Waals surface area contributed by atoms with Gasteiger partial charge in [-0.2, -0.15) is 0 Å². The number of aliphatic imine (C=N–C) groups is 1. The quantitative estimate of drug-likeness (QED) is 0.250. The number of benzene rings is 1. The van der Waals surface area contributed by atoms with Gasteiger partial charge in [0, 0.05) is 76.8 Å². The maximum absolute atomic E-state index is 14.3. The maximum Gasteiger partial charge on any atom is 0.229 e. The number of carbonyl (C=O) groups is 2. The second kappa shape index (κ2) is 12.4. The van der Waals surface area contributed by atoms with Crippen LogP contribution in [0.3, 0.4) is 0 Å². The van der Waals surface area contributed by atoms with E-state index in [1.165, 1.54) is 17.0 Å². The first kappa shape index (κ1) is 26.4. The number of hydrogen-bond acceptors (Lipinski definition) is 4. The number of nitrogens with zero attached hydrogens (tertiary/aromatic N) is 4. The number of imide groups is 1. The third-order valence-electron chi connectivity index (χ3n) is 5.98. The number of guanidine groups is 1. The van der Waals surface area contributed by atoms with Crippen LogP contribution in [0, 0.1) is 11.6 Å². The van der Waals surface area contributed by atoms with Gasteiger partial charge in [-0.15, -0.1) is 24.0 Å². The maximum atomic E-state index is 14.3. The Labute approximate surface area is 205 Å². The summed E-state index contributed by atoms with van der Waals surface area (Å²) >= 11 is 0. The molecule has 10 heteroatoms. The van der Waals surface area contributed by atoms with Crippen LogP contribution >= 0.6 is 24.0 Å². The van der Waals surface area contributed by atoms with Gasteiger partial charge < -0.3 is 10.2 Å². The van der Waals surface area contributed by atoms with Crippen LogP contribution in [0.15, 0.2) is 23.2 Å². The van der Waals surface area contributed by atoms with E-state index < -0.39 is 11.6 Å². The predicted molar refractivity (Wildman–Crippen MR) is 130 cm³/mol. The highest BCUT2D eigenvalue weighted by Gasteiger charge is 2.28. The van der Waals surface area contributed by atoms with Gasteiger partial charge in [0.2, 0.25) is 11.8 Å². The number of likely N-dealkylation sites (tertiary alicyclic amines) is 1. The van der Waals surface area contributed by atoms with Gasteiger partial charge in [-0.25, -0.2) is 8.78 Å². The summed E-state index contributed by atoms with van der Waals surface area (Å²) in [6.45, 7) is 5.64. The van der Waals surface area contributed by atoms with Crippen molar-refractivity contribution in [2.75, 3.05) is 46.3 Å². The summed E-state index contributed by atoms with van der Waals surface area (Å²) in [5, 5.41) is 3.24. The van der Waals surface area contributed by atoms with Crippen molar-refractivity contribution in [3.8, 4) is 0 Å². The molecule has 2 aliphatic heterocycles. The Morgan fingerprint density at radius 1 is 1.12 bits per heavy atom. The van der Waals surface area contributed by atoms with Gasteiger partial charge in [-0.05, 0) is 18.9 Å². The van der Waals surface area contributed by atoms with Crippen molar-refractivity contribution >= 4 is 41.8 Å². The molecule has 1 atom stereocenters. The number of hydrogen-bond donors (Lipinski definition) is 1. The Morgan fingerprint density at radius 3 is 2.34 bits per heavy atom. The molecule has 1 N–H and O–H groups in total. The lowest BCUT2D eigenvalue weighted by molar-refractivity contribution is -0.147. The molecule has 3 rings (SSSR count). The number of carbonyl (C=O) groups excluding carboxylic acids is 2. The molecule has 0 radical (unpaired) electrons. The summed E-state index contributed by atoms with van der Waals surface area (Å²) in [6.07, 6.45) is 2.22. The Kier molecular flexibility index (Phi) is 10.3. The molecule has 2 aliphatic rings. The van der Waals surface area contributed by atoms with Crippen molar-refractivity contribution in [2.24, 2.45) is 4.99 Å². The molecule has 2 heterocycles. The first-order valence-electron chi connectivity index (χ1n) is 10.9. The van der Waals surface area contributed by atoms with Gasteiger partial charge in [0.05, 0.1) is 0 Å². The fourth-order valence-electron chi connectivity index (χ4n) is 4.35. The molecular formula is C22H32F2IN5O2. The molecule has 0 aromatic heterocycles. The van der Waals surface area contributed by atoms with Crippen LogP contribution in [0.25, 0.3) is 0 Å². The van der Waals surface area contributed by atoms with Crippen molar-refractivity contribution in [1.29, 1.82) is 0 Å². The van der Waals surface area contributed by atoms with Crippen LogP contribution in [-0.4, -0.2) is 78.8 Å². The second-order valence-electron chi connectivity index (χ2n) is 7.88. The fourth-order valence-corrected chi connectivity index (χ4v) is 4.35. The molecule has 7 nitrogen and oxygen atoms in total. The molecule has 178 valence electrons. The molecule has 1 aromatic rings. The number of amides is 2. The minimum atomic E-state index is -0.566. The zero-order chi connectivity index (χ0) is 22.4. The third-order valence-corrected chi connectivity index (χ3v) is 5.98. The van der Waals surface area contributed by atoms with E-state index in [0.29, 0.717) is 51.0 Å². The molecule has 0 aliphatic carbocycles. The lowest BCUT2D eigenvalue weighted by Gasteiger charge is -2.40. The number of nitrogens with one attached hydrogen (secondary N) is 1. The zero-order valence-electron chi connectivity index (χ0n) is 18.6. The van der Waals surface area contributed by atoms with Crippen LogP contribution in [-0.2, 0) is 9.59 Å². The zero-order valence-corrected chi connectivity index (χ0v) is 21.0. The smallest absolute Gasteiger partial charge is 0.229 e. The molecule has 2 saturated heterocycles. The van der Waals surface area contributed by atoms with Gasteiger partial charge >= 0.3 is 0 Å². The Balaban J connectivity index is 0.00000363. The molecule has 2 amide bonds. The Bertz CT molecular complexity index is 815. The standard InChI is InChI=1S/C22H31F2N5O2.HI/c1-3-19(17-8-7-16(23)15-18(17)24)27-11-13-28(14-12-27)22(25-2)26-9-10-29-20(30)5-4-6-21(29)31;/h7-8,15,19H,3-6,9-14H2,1-2H3,(H,25,26);1H. The molecule has 1 unspecified atom stereocenters. The fraction of sp³-hybridized carbons (Fsp3) is 0.591. The predicted octanol–water partition coefficient (Wildman–Crippen LogP) is 2.77. The third kappa shape index (κ3) is 6.37. The normalized spacial score (nSPS) is 19.1. The number of halogens is 3. The van der Waals surface area contributed by atoms with E-state index in [0.717, 1.165) is 31.5 Å². The lowest BCUT2D eigenvalue weighted by Crippen LogP contribution is -2.54. The van der Waals surface area contributed by atoms with E-state index in [9.17, 15) is 18.4 Å². The van der Waals surface area contributed by atoms with E-state index in [1.54, 1.807) is 7.05 Å². The minimum Gasteiger partial charge on any atom is -0.354 e. The van der Waals surface area contributed by atoms with Gasteiger partial charge in [-0.1, -0.05) is 13.0 Å². The SMILES string of the molecule is CCC(c1ccc(F)cc1F)N1CCN(C(=NC)NCCN2C(=O)CCCC2=O)CC1.I. The van der Waals surface area contributed by atoms with E-state index in [2.05, 4.69) is 20.1 Å². The van der Waals surface area contributed by atoms with Crippen LogP contribution < -0.4 is 5.32 Å². The summed E-state index contributed by atoms with van der Waals surface area (Å²) in [4.78, 5) is 33.8. The first-order valence-corrected chi connectivity index (χ1v) is 10.9. The summed E-state index contributed by atoms with van der Waals surface area (Å²) in [6, 6.07) is 3.68.